The highest BCUT2D eigenvalue weighted by atomic mass is 35.5. The highest BCUT2D eigenvalue weighted by molar-refractivity contribution is 6.31. The van der Waals surface area contributed by atoms with Crippen LogP contribution >= 0.6 is 23.2 Å². The molecule has 2 aromatic heterocycles. The van der Waals surface area contributed by atoms with Crippen LogP contribution < -0.4 is 5.56 Å². The third-order valence-electron chi connectivity index (χ3n) is 2.85. The number of aromatic nitrogens is 4. The molecule has 1 N–H and O–H groups in total. The molecule has 21 heavy (non-hydrogen) atoms. The number of benzene rings is 1. The van der Waals surface area contributed by atoms with Crippen molar-refractivity contribution < 1.29 is 4.39 Å². The monoisotopic (exact) mass is 324 g/mol. The number of hydrogen-bond acceptors (Lipinski definition) is 3. The predicted molar refractivity (Wildman–Crippen MR) is 77.4 cm³/mol. The summed E-state index contributed by atoms with van der Waals surface area (Å²) < 4.78 is 15.8. The Morgan fingerprint density at radius 1 is 1.24 bits per heavy atom. The van der Waals surface area contributed by atoms with Crippen LogP contribution in [0.1, 0.15) is 0 Å². The second-order valence-corrected chi connectivity index (χ2v) is 4.98. The average Bonchev–Trinajstić information content (AvgIpc) is 2.88. The fraction of sp³-hybridized carbons (Fsp3) is 0. The van der Waals surface area contributed by atoms with E-state index in [1.807, 2.05) is 0 Å². The van der Waals surface area contributed by atoms with Crippen molar-refractivity contribution in [3.63, 3.8) is 0 Å². The number of nitrogens with one attached hydrogen (secondary N) is 1. The zero-order valence-electron chi connectivity index (χ0n) is 10.3. The Hall–Kier alpha value is -2.18. The number of halogens is 3. The Balaban J connectivity index is 2.31. The van der Waals surface area contributed by atoms with Gasteiger partial charge in [-0.3, -0.25) is 4.79 Å². The summed E-state index contributed by atoms with van der Waals surface area (Å²) in [5, 5.41) is 7.57. The van der Waals surface area contributed by atoms with E-state index in [0.717, 1.165) is 0 Å². The van der Waals surface area contributed by atoms with Crippen LogP contribution in [0.3, 0.4) is 0 Å². The second-order valence-electron chi connectivity index (χ2n) is 4.18. The number of rotatable bonds is 2. The molecule has 0 radical (unpaired) electrons. The molecule has 0 aliphatic heterocycles. The molecule has 1 aromatic carbocycles. The smallest absolute Gasteiger partial charge is 0.248 e. The molecule has 2 heterocycles. The van der Waals surface area contributed by atoms with E-state index in [-0.39, 0.29) is 21.3 Å². The van der Waals surface area contributed by atoms with Crippen LogP contribution in [0.15, 0.2) is 41.5 Å². The van der Waals surface area contributed by atoms with Crippen molar-refractivity contribution in [2.24, 2.45) is 0 Å². The lowest BCUT2D eigenvalue weighted by molar-refractivity contribution is 0.629. The molecule has 0 amide bonds. The van der Waals surface area contributed by atoms with E-state index < -0.39 is 5.82 Å². The molecule has 8 heteroatoms. The topological polar surface area (TPSA) is 63.6 Å². The largest absolute Gasteiger partial charge is 0.329 e. The lowest BCUT2D eigenvalue weighted by Crippen LogP contribution is -2.05. The summed E-state index contributed by atoms with van der Waals surface area (Å²) in [5.74, 6) is -0.647. The number of aromatic amines is 1. The van der Waals surface area contributed by atoms with Crippen LogP contribution in [-0.4, -0.2) is 20.0 Å². The maximum absolute atomic E-state index is 14.4. The summed E-state index contributed by atoms with van der Waals surface area (Å²) in [7, 11) is 0. The number of H-pyrrole nitrogens is 1. The van der Waals surface area contributed by atoms with Crippen LogP contribution in [0.25, 0.3) is 16.8 Å². The van der Waals surface area contributed by atoms with Crippen LogP contribution in [-0.2, 0) is 0 Å². The number of hydrogen-bond donors (Lipinski definition) is 1. The zero-order valence-corrected chi connectivity index (χ0v) is 11.9. The molecule has 0 unspecified atom stereocenters. The fourth-order valence-corrected chi connectivity index (χ4v) is 2.25. The standard InChI is InChI=1S/C13H7Cl2FN4O/c14-8-1-2-9(20-6-10(15)18-19-20)12(13(8)16)7-3-4-17-11(21)5-7/h1-6H,(H,17,21). The summed E-state index contributed by atoms with van der Waals surface area (Å²) in [5.41, 5.74) is 0.548. The van der Waals surface area contributed by atoms with Crippen molar-refractivity contribution in [2.45, 2.75) is 0 Å². The first-order chi connectivity index (χ1) is 10.1. The minimum atomic E-state index is -0.647. The van der Waals surface area contributed by atoms with Gasteiger partial charge in [-0.25, -0.2) is 9.07 Å². The van der Waals surface area contributed by atoms with Gasteiger partial charge in [0.05, 0.1) is 16.9 Å². The summed E-state index contributed by atoms with van der Waals surface area (Å²) in [4.78, 5) is 13.9. The Morgan fingerprint density at radius 2 is 2.05 bits per heavy atom. The minimum Gasteiger partial charge on any atom is -0.329 e. The molecule has 3 aromatic rings. The van der Waals surface area contributed by atoms with Gasteiger partial charge in [0, 0.05) is 17.8 Å². The molecule has 5 nitrogen and oxygen atoms in total. The van der Waals surface area contributed by atoms with Crippen molar-refractivity contribution in [1.82, 2.24) is 20.0 Å². The molecular weight excluding hydrogens is 318 g/mol. The van der Waals surface area contributed by atoms with Gasteiger partial charge in [0.1, 0.15) is 0 Å². The Kier molecular flexibility index (Phi) is 3.48. The van der Waals surface area contributed by atoms with Gasteiger partial charge < -0.3 is 4.98 Å². The maximum Gasteiger partial charge on any atom is 0.248 e. The fourth-order valence-electron chi connectivity index (χ4n) is 1.97. The molecule has 0 aliphatic carbocycles. The molecule has 0 spiro atoms. The summed E-state index contributed by atoms with van der Waals surface area (Å²) in [6.07, 6.45) is 2.86. The van der Waals surface area contributed by atoms with Crippen LogP contribution in [0.4, 0.5) is 4.39 Å². The Labute approximate surface area is 127 Å². The van der Waals surface area contributed by atoms with E-state index in [9.17, 15) is 9.18 Å². The van der Waals surface area contributed by atoms with Gasteiger partial charge >= 0.3 is 0 Å². The Morgan fingerprint density at radius 3 is 2.71 bits per heavy atom. The van der Waals surface area contributed by atoms with E-state index in [2.05, 4.69) is 15.3 Å². The molecule has 0 bridgehead atoms. The third kappa shape index (κ3) is 2.55. The van der Waals surface area contributed by atoms with E-state index >= 15 is 0 Å². The van der Waals surface area contributed by atoms with Crippen LogP contribution in [0.5, 0.6) is 0 Å². The van der Waals surface area contributed by atoms with E-state index in [0.29, 0.717) is 11.3 Å². The number of nitrogens with zero attached hydrogens (tertiary/aromatic N) is 3. The summed E-state index contributed by atoms with van der Waals surface area (Å²) in [6.45, 7) is 0. The molecule has 0 saturated carbocycles. The first kappa shape index (κ1) is 13.8. The van der Waals surface area contributed by atoms with Crippen LogP contribution in [0, 0.1) is 5.82 Å². The average molecular weight is 325 g/mol. The molecule has 0 aliphatic rings. The summed E-state index contributed by atoms with van der Waals surface area (Å²) in [6, 6.07) is 5.82. The van der Waals surface area contributed by atoms with Crippen molar-refractivity contribution in [1.29, 1.82) is 0 Å². The van der Waals surface area contributed by atoms with Gasteiger partial charge in [0.15, 0.2) is 11.0 Å². The predicted octanol–water partition coefficient (Wildman–Crippen LogP) is 3.07. The van der Waals surface area contributed by atoms with Crippen molar-refractivity contribution in [3.8, 4) is 16.8 Å². The van der Waals surface area contributed by atoms with E-state index in [1.165, 1.54) is 29.2 Å². The zero-order chi connectivity index (χ0) is 15.0. The van der Waals surface area contributed by atoms with Gasteiger partial charge in [-0.1, -0.05) is 28.4 Å². The quantitative estimate of drug-likeness (QED) is 0.787. The highest BCUT2D eigenvalue weighted by Gasteiger charge is 2.17. The van der Waals surface area contributed by atoms with Gasteiger partial charge in [0.2, 0.25) is 5.56 Å². The minimum absolute atomic E-state index is 0.0553. The highest BCUT2D eigenvalue weighted by Crippen LogP contribution is 2.32. The first-order valence-corrected chi connectivity index (χ1v) is 6.57. The lowest BCUT2D eigenvalue weighted by Gasteiger charge is -2.11. The van der Waals surface area contributed by atoms with E-state index in [1.54, 1.807) is 12.1 Å². The van der Waals surface area contributed by atoms with Gasteiger partial charge in [-0.15, -0.1) is 5.10 Å². The number of pyridine rings is 1. The van der Waals surface area contributed by atoms with Gasteiger partial charge in [-0.05, 0) is 23.8 Å². The molecule has 0 saturated heterocycles. The lowest BCUT2D eigenvalue weighted by atomic mass is 10.0. The summed E-state index contributed by atoms with van der Waals surface area (Å²) >= 11 is 11.6. The van der Waals surface area contributed by atoms with Crippen molar-refractivity contribution in [2.75, 3.05) is 0 Å². The second kappa shape index (κ2) is 5.31. The van der Waals surface area contributed by atoms with Crippen LogP contribution in [0.2, 0.25) is 10.2 Å². The first-order valence-electron chi connectivity index (χ1n) is 5.81. The molecule has 0 fully saturated rings. The SMILES string of the molecule is O=c1cc(-c2c(-n3cc(Cl)nn3)ccc(Cl)c2F)cc[nH]1. The van der Waals surface area contributed by atoms with Gasteiger partial charge in [0.25, 0.3) is 0 Å². The normalized spacial score (nSPS) is 10.8. The molecule has 3 rings (SSSR count). The van der Waals surface area contributed by atoms with Crippen molar-refractivity contribution >= 4 is 23.2 Å². The van der Waals surface area contributed by atoms with Crippen molar-refractivity contribution in [3.05, 3.63) is 63.0 Å². The molecular formula is C13H7Cl2FN4O. The molecule has 106 valence electrons. The van der Waals surface area contributed by atoms with Gasteiger partial charge in [-0.2, -0.15) is 0 Å². The van der Waals surface area contributed by atoms with E-state index in [4.69, 9.17) is 23.2 Å². The maximum atomic E-state index is 14.4. The third-order valence-corrected chi connectivity index (χ3v) is 3.31. The molecule has 0 atom stereocenters. The Bertz CT molecular complexity index is 875.